The van der Waals surface area contributed by atoms with Gasteiger partial charge in [-0.3, -0.25) is 9.59 Å². The first-order valence-corrected chi connectivity index (χ1v) is 10.3. The van der Waals surface area contributed by atoms with Crippen LogP contribution in [0, 0.1) is 5.41 Å². The van der Waals surface area contributed by atoms with Gasteiger partial charge in [0.2, 0.25) is 5.91 Å². The molecule has 1 atom stereocenters. The van der Waals surface area contributed by atoms with Crippen molar-refractivity contribution in [3.8, 4) is 11.1 Å². The number of aromatic nitrogens is 3. The number of hydrogen-bond acceptors (Lipinski definition) is 5. The van der Waals surface area contributed by atoms with Crippen molar-refractivity contribution in [2.75, 3.05) is 11.9 Å². The van der Waals surface area contributed by atoms with Crippen molar-refractivity contribution in [3.05, 3.63) is 52.7 Å². The average Bonchev–Trinajstić information content (AvgIpc) is 3.55. The molecule has 3 aromatic rings. The van der Waals surface area contributed by atoms with Gasteiger partial charge in [0.05, 0.1) is 22.8 Å². The molecule has 0 bridgehead atoms. The standard InChI is InChI=1S/C22H20F3N5O2/c1-30-11-28-17-14(12-2-4-13(5-3-12)22(23,24)25)10-27-18(16(17)19(30)31)29-15-6-9-26-20(32)21(15)7-8-21/h2-5,10-11,15H,6-9H2,1H3,(H,26,32)(H,27,29). The summed E-state index contributed by atoms with van der Waals surface area (Å²) in [6, 6.07) is 4.51. The Hall–Kier alpha value is -3.43. The summed E-state index contributed by atoms with van der Waals surface area (Å²) in [6.45, 7) is 0.538. The highest BCUT2D eigenvalue weighted by Gasteiger charge is 2.57. The molecule has 1 amide bonds. The molecule has 0 radical (unpaired) electrons. The summed E-state index contributed by atoms with van der Waals surface area (Å²) in [5.41, 5.74) is -0.297. The molecular formula is C22H20F3N5O2. The van der Waals surface area contributed by atoms with Gasteiger partial charge in [-0.25, -0.2) is 9.97 Å². The summed E-state index contributed by atoms with van der Waals surface area (Å²) in [4.78, 5) is 34.2. The highest BCUT2D eigenvalue weighted by molar-refractivity contribution is 5.99. The topological polar surface area (TPSA) is 88.9 Å². The molecule has 32 heavy (non-hydrogen) atoms. The first-order chi connectivity index (χ1) is 15.2. The Morgan fingerprint density at radius 2 is 1.88 bits per heavy atom. The molecule has 2 fully saturated rings. The number of benzene rings is 1. The van der Waals surface area contributed by atoms with Crippen molar-refractivity contribution in [2.24, 2.45) is 12.5 Å². The van der Waals surface area contributed by atoms with Crippen molar-refractivity contribution >= 4 is 22.6 Å². The van der Waals surface area contributed by atoms with E-state index in [0.717, 1.165) is 25.0 Å². The summed E-state index contributed by atoms with van der Waals surface area (Å²) < 4.78 is 40.1. The van der Waals surface area contributed by atoms with Gasteiger partial charge in [0.1, 0.15) is 11.2 Å². The predicted molar refractivity (Wildman–Crippen MR) is 112 cm³/mol. The third kappa shape index (κ3) is 3.21. The monoisotopic (exact) mass is 443 g/mol. The molecule has 2 aliphatic rings. The Labute approximate surface area is 180 Å². The zero-order chi connectivity index (χ0) is 22.7. The Morgan fingerprint density at radius 1 is 1.16 bits per heavy atom. The Kier molecular flexibility index (Phi) is 4.51. The second-order valence-electron chi connectivity index (χ2n) is 8.38. The van der Waals surface area contributed by atoms with Gasteiger partial charge in [-0.05, 0) is 37.0 Å². The number of anilines is 1. The lowest BCUT2D eigenvalue weighted by molar-refractivity contribution is -0.137. The minimum Gasteiger partial charge on any atom is -0.365 e. The Morgan fingerprint density at radius 3 is 2.53 bits per heavy atom. The van der Waals surface area contributed by atoms with Gasteiger partial charge in [-0.15, -0.1) is 0 Å². The van der Waals surface area contributed by atoms with Crippen LogP contribution in [0.15, 0.2) is 41.6 Å². The molecule has 1 aromatic carbocycles. The smallest absolute Gasteiger partial charge is 0.365 e. The van der Waals surface area contributed by atoms with Crippen LogP contribution in [0.2, 0.25) is 0 Å². The number of carbonyl (C=O) groups is 1. The van der Waals surface area contributed by atoms with Gasteiger partial charge >= 0.3 is 6.18 Å². The molecule has 1 saturated carbocycles. The summed E-state index contributed by atoms with van der Waals surface area (Å²) in [5.74, 6) is 0.341. The van der Waals surface area contributed by atoms with Gasteiger partial charge in [0, 0.05) is 31.4 Å². The van der Waals surface area contributed by atoms with E-state index in [9.17, 15) is 22.8 Å². The number of fused-ring (bicyclic) bond motifs is 1. The highest BCUT2D eigenvalue weighted by atomic mass is 19.4. The normalized spacial score (nSPS) is 19.8. The zero-order valence-electron chi connectivity index (χ0n) is 17.2. The van der Waals surface area contributed by atoms with Gasteiger partial charge in [0.15, 0.2) is 0 Å². The fourth-order valence-corrected chi connectivity index (χ4v) is 4.40. The largest absolute Gasteiger partial charge is 0.416 e. The van der Waals surface area contributed by atoms with Crippen LogP contribution in [0.4, 0.5) is 19.0 Å². The van der Waals surface area contributed by atoms with Gasteiger partial charge in [0.25, 0.3) is 5.56 Å². The quantitative estimate of drug-likeness (QED) is 0.650. The van der Waals surface area contributed by atoms with Crippen molar-refractivity contribution in [2.45, 2.75) is 31.5 Å². The fourth-order valence-electron chi connectivity index (χ4n) is 4.40. The molecular weight excluding hydrogens is 423 g/mol. The van der Waals surface area contributed by atoms with E-state index < -0.39 is 17.2 Å². The predicted octanol–water partition coefficient (Wildman–Crippen LogP) is 3.09. The zero-order valence-corrected chi connectivity index (χ0v) is 17.2. The van der Waals surface area contributed by atoms with Crippen molar-refractivity contribution in [3.63, 3.8) is 0 Å². The maximum atomic E-state index is 13.0. The van der Waals surface area contributed by atoms with E-state index in [1.807, 2.05) is 0 Å². The molecule has 5 rings (SSSR count). The van der Waals surface area contributed by atoms with Crippen LogP contribution in [0.5, 0.6) is 0 Å². The molecule has 10 heteroatoms. The van der Waals surface area contributed by atoms with Crippen LogP contribution in [0.3, 0.4) is 0 Å². The summed E-state index contributed by atoms with van der Waals surface area (Å²) in [5, 5.41) is 6.45. The SMILES string of the molecule is Cn1cnc2c(-c3ccc(C(F)(F)F)cc3)cnc(NC3CCNC(=O)C34CC4)c2c1=O. The Balaban J connectivity index is 1.60. The van der Waals surface area contributed by atoms with E-state index in [0.29, 0.717) is 35.4 Å². The van der Waals surface area contributed by atoms with E-state index >= 15 is 0 Å². The number of halogens is 3. The summed E-state index contributed by atoms with van der Waals surface area (Å²) >= 11 is 0. The lowest BCUT2D eigenvalue weighted by Crippen LogP contribution is -2.50. The van der Waals surface area contributed by atoms with Gasteiger partial charge in [-0.1, -0.05) is 12.1 Å². The second-order valence-corrected chi connectivity index (χ2v) is 8.38. The third-order valence-electron chi connectivity index (χ3n) is 6.41. The lowest BCUT2D eigenvalue weighted by atomic mass is 9.89. The molecule has 1 aliphatic carbocycles. The highest BCUT2D eigenvalue weighted by Crippen LogP contribution is 2.52. The van der Waals surface area contributed by atoms with E-state index in [2.05, 4.69) is 20.6 Å². The molecule has 3 heterocycles. The summed E-state index contributed by atoms with van der Waals surface area (Å²) in [6.07, 6.45) is 0.686. The number of nitrogens with zero attached hydrogens (tertiary/aromatic N) is 3. The third-order valence-corrected chi connectivity index (χ3v) is 6.41. The van der Waals surface area contributed by atoms with Gasteiger partial charge < -0.3 is 15.2 Å². The number of carbonyl (C=O) groups excluding carboxylic acids is 1. The van der Waals surface area contributed by atoms with Crippen LogP contribution >= 0.6 is 0 Å². The molecule has 7 nitrogen and oxygen atoms in total. The number of amides is 1. The molecule has 2 N–H and O–H groups in total. The number of rotatable bonds is 3. The van der Waals surface area contributed by atoms with Crippen molar-refractivity contribution < 1.29 is 18.0 Å². The molecule has 166 valence electrons. The van der Waals surface area contributed by atoms with Crippen LogP contribution in [-0.2, 0) is 18.0 Å². The maximum Gasteiger partial charge on any atom is 0.416 e. The number of pyridine rings is 1. The van der Waals surface area contributed by atoms with Gasteiger partial charge in [-0.2, -0.15) is 13.2 Å². The van der Waals surface area contributed by atoms with Crippen molar-refractivity contribution in [1.82, 2.24) is 19.9 Å². The first kappa shape index (κ1) is 20.5. The van der Waals surface area contributed by atoms with E-state index in [1.54, 1.807) is 7.05 Å². The van der Waals surface area contributed by atoms with Crippen LogP contribution in [0.25, 0.3) is 22.0 Å². The molecule has 1 aliphatic heterocycles. The minimum atomic E-state index is -4.44. The van der Waals surface area contributed by atoms with E-state index in [1.165, 1.54) is 29.2 Å². The molecule has 2 aromatic heterocycles. The fraction of sp³-hybridized carbons (Fsp3) is 0.364. The lowest BCUT2D eigenvalue weighted by Gasteiger charge is -2.32. The number of alkyl halides is 3. The second kappa shape index (κ2) is 7.04. The number of hydrogen-bond donors (Lipinski definition) is 2. The number of piperidine rings is 1. The molecule has 1 unspecified atom stereocenters. The number of nitrogens with one attached hydrogen (secondary N) is 2. The van der Waals surface area contributed by atoms with Crippen LogP contribution < -0.4 is 16.2 Å². The summed E-state index contributed by atoms with van der Waals surface area (Å²) in [7, 11) is 1.57. The van der Waals surface area contributed by atoms with E-state index in [4.69, 9.17) is 0 Å². The van der Waals surface area contributed by atoms with Crippen LogP contribution in [0.1, 0.15) is 24.8 Å². The minimum absolute atomic E-state index is 0.0120. The molecule has 1 saturated heterocycles. The number of aryl methyl sites for hydroxylation is 1. The van der Waals surface area contributed by atoms with Crippen LogP contribution in [-0.4, -0.2) is 33.0 Å². The Bertz CT molecular complexity index is 1280. The van der Waals surface area contributed by atoms with E-state index in [-0.39, 0.29) is 22.9 Å². The first-order valence-electron chi connectivity index (χ1n) is 10.3. The average molecular weight is 443 g/mol. The van der Waals surface area contributed by atoms with Crippen molar-refractivity contribution in [1.29, 1.82) is 0 Å². The maximum absolute atomic E-state index is 13.0. The molecule has 1 spiro atoms.